The minimum Gasteiger partial charge on any atom is -0.345 e. The molecule has 1 atom stereocenters. The van der Waals surface area contributed by atoms with Crippen molar-refractivity contribution in [3.63, 3.8) is 0 Å². The van der Waals surface area contributed by atoms with Crippen molar-refractivity contribution in [3.8, 4) is 11.1 Å². The molecule has 1 aromatic heterocycles. The van der Waals surface area contributed by atoms with E-state index in [0.29, 0.717) is 22.8 Å². The maximum absolute atomic E-state index is 13.5. The zero-order valence-corrected chi connectivity index (χ0v) is 18.0. The van der Waals surface area contributed by atoms with E-state index in [0.717, 1.165) is 24.8 Å². The topological polar surface area (TPSA) is 66.9 Å². The van der Waals surface area contributed by atoms with E-state index < -0.39 is 0 Å². The summed E-state index contributed by atoms with van der Waals surface area (Å²) in [4.78, 5) is 21.6. The molecule has 0 fully saturated rings. The van der Waals surface area contributed by atoms with Crippen molar-refractivity contribution in [3.05, 3.63) is 108 Å². The van der Waals surface area contributed by atoms with Gasteiger partial charge < -0.3 is 10.6 Å². The fourth-order valence-electron chi connectivity index (χ4n) is 4.22. The van der Waals surface area contributed by atoms with Gasteiger partial charge in [0, 0.05) is 29.2 Å². The van der Waals surface area contributed by atoms with Gasteiger partial charge in [0.25, 0.3) is 5.91 Å². The number of anilines is 2. The number of carbonyl (C=O) groups excluding carboxylic acids is 1. The zero-order valence-electron chi connectivity index (χ0n) is 18.0. The molecule has 4 aromatic rings. The standard InChI is InChI=1S/C27H23FN4O/c28-22-10-3-8-19(14-22)21-16-29-27(30-17-21)31-23-11-4-9-20(15-23)26(33)32-25-13-5-7-18-6-1-2-12-24(18)25/h1-4,6,8-12,14-17,25H,5,7,13H2,(H,32,33)(H,29,30,31). The van der Waals surface area contributed by atoms with Crippen LogP contribution in [0.2, 0.25) is 0 Å². The molecule has 1 unspecified atom stereocenters. The Morgan fingerprint density at radius 3 is 2.58 bits per heavy atom. The second kappa shape index (κ2) is 9.20. The van der Waals surface area contributed by atoms with Gasteiger partial charge in [-0.15, -0.1) is 0 Å². The van der Waals surface area contributed by atoms with E-state index in [4.69, 9.17) is 0 Å². The van der Waals surface area contributed by atoms with Gasteiger partial charge in [-0.2, -0.15) is 0 Å². The third kappa shape index (κ3) is 4.75. The van der Waals surface area contributed by atoms with E-state index in [1.807, 2.05) is 30.3 Å². The number of fused-ring (bicyclic) bond motifs is 1. The third-order valence-electron chi connectivity index (χ3n) is 5.87. The van der Waals surface area contributed by atoms with Crippen LogP contribution in [0.1, 0.15) is 40.4 Å². The normalized spacial score (nSPS) is 14.9. The number of amides is 1. The number of hydrogen-bond donors (Lipinski definition) is 2. The third-order valence-corrected chi connectivity index (χ3v) is 5.87. The largest absolute Gasteiger partial charge is 0.345 e. The minimum atomic E-state index is -0.304. The Balaban J connectivity index is 1.28. The molecule has 1 amide bonds. The van der Waals surface area contributed by atoms with Crippen LogP contribution in [0, 0.1) is 5.82 Å². The highest BCUT2D eigenvalue weighted by Crippen LogP contribution is 2.30. The van der Waals surface area contributed by atoms with Crippen LogP contribution in [0.25, 0.3) is 11.1 Å². The average molecular weight is 439 g/mol. The van der Waals surface area contributed by atoms with Crippen LogP contribution < -0.4 is 10.6 Å². The second-order valence-electron chi connectivity index (χ2n) is 8.13. The van der Waals surface area contributed by atoms with Crippen LogP contribution in [0.4, 0.5) is 16.0 Å². The van der Waals surface area contributed by atoms with Crippen molar-refractivity contribution < 1.29 is 9.18 Å². The lowest BCUT2D eigenvalue weighted by atomic mass is 9.87. The molecule has 164 valence electrons. The van der Waals surface area contributed by atoms with Crippen LogP contribution in [0.3, 0.4) is 0 Å². The van der Waals surface area contributed by atoms with Crippen molar-refractivity contribution in [1.82, 2.24) is 15.3 Å². The first-order valence-electron chi connectivity index (χ1n) is 11.0. The van der Waals surface area contributed by atoms with Crippen LogP contribution in [-0.4, -0.2) is 15.9 Å². The molecule has 0 saturated carbocycles. The zero-order chi connectivity index (χ0) is 22.6. The highest BCUT2D eigenvalue weighted by atomic mass is 19.1. The number of aryl methyl sites for hydroxylation is 1. The van der Waals surface area contributed by atoms with Crippen LogP contribution >= 0.6 is 0 Å². The maximum atomic E-state index is 13.5. The van der Waals surface area contributed by atoms with Crippen LogP contribution in [0.15, 0.2) is 85.2 Å². The highest BCUT2D eigenvalue weighted by Gasteiger charge is 2.22. The Labute approximate surface area is 191 Å². The number of carbonyl (C=O) groups is 1. The fraction of sp³-hybridized carbons (Fsp3) is 0.148. The molecule has 1 aliphatic carbocycles. The van der Waals surface area contributed by atoms with Gasteiger partial charge in [0.1, 0.15) is 5.82 Å². The van der Waals surface area contributed by atoms with E-state index in [1.54, 1.807) is 30.6 Å². The SMILES string of the molecule is O=C(NC1CCCc2ccccc21)c1cccc(Nc2ncc(-c3cccc(F)c3)cn2)c1. The maximum Gasteiger partial charge on any atom is 0.251 e. The predicted molar refractivity (Wildman–Crippen MR) is 127 cm³/mol. The smallest absolute Gasteiger partial charge is 0.251 e. The summed E-state index contributed by atoms with van der Waals surface area (Å²) in [6.45, 7) is 0. The molecular formula is C27H23FN4O. The van der Waals surface area contributed by atoms with Crippen molar-refractivity contribution in [1.29, 1.82) is 0 Å². The number of hydrogen-bond acceptors (Lipinski definition) is 4. The first-order valence-corrected chi connectivity index (χ1v) is 11.0. The second-order valence-corrected chi connectivity index (χ2v) is 8.13. The van der Waals surface area contributed by atoms with Gasteiger partial charge >= 0.3 is 0 Å². The lowest BCUT2D eigenvalue weighted by Crippen LogP contribution is -2.31. The number of halogens is 1. The molecule has 2 N–H and O–H groups in total. The van der Waals surface area contributed by atoms with Crippen molar-refractivity contribution in [2.75, 3.05) is 5.32 Å². The summed E-state index contributed by atoms with van der Waals surface area (Å²) in [6, 6.07) is 21.9. The first-order chi connectivity index (χ1) is 16.2. The molecule has 0 aliphatic heterocycles. The van der Waals surface area contributed by atoms with Crippen molar-refractivity contribution in [2.45, 2.75) is 25.3 Å². The molecule has 0 spiro atoms. The summed E-state index contributed by atoms with van der Waals surface area (Å²) in [5.41, 5.74) is 5.23. The Hall–Kier alpha value is -4.06. The Morgan fingerprint density at radius 1 is 0.909 bits per heavy atom. The average Bonchev–Trinajstić information content (AvgIpc) is 2.85. The molecule has 5 rings (SSSR count). The lowest BCUT2D eigenvalue weighted by molar-refractivity contribution is 0.0933. The molecule has 33 heavy (non-hydrogen) atoms. The molecular weight excluding hydrogens is 415 g/mol. The Morgan fingerprint density at radius 2 is 1.73 bits per heavy atom. The number of nitrogens with one attached hydrogen (secondary N) is 2. The van der Waals surface area contributed by atoms with Crippen LogP contribution in [-0.2, 0) is 6.42 Å². The van der Waals surface area contributed by atoms with E-state index in [1.165, 1.54) is 23.3 Å². The van der Waals surface area contributed by atoms with E-state index in [2.05, 4.69) is 32.7 Å². The highest BCUT2D eigenvalue weighted by molar-refractivity contribution is 5.95. The van der Waals surface area contributed by atoms with E-state index in [9.17, 15) is 9.18 Å². The van der Waals surface area contributed by atoms with Gasteiger partial charge in [-0.05, 0) is 66.3 Å². The molecule has 3 aromatic carbocycles. The number of nitrogens with zero attached hydrogens (tertiary/aromatic N) is 2. The molecule has 5 nitrogen and oxygen atoms in total. The summed E-state index contributed by atoms with van der Waals surface area (Å²) >= 11 is 0. The van der Waals surface area contributed by atoms with Gasteiger partial charge in [-0.3, -0.25) is 4.79 Å². The molecule has 0 bridgehead atoms. The summed E-state index contributed by atoms with van der Waals surface area (Å²) in [5.74, 6) is -0.0156. The monoisotopic (exact) mass is 438 g/mol. The van der Waals surface area contributed by atoms with Gasteiger partial charge in [-0.25, -0.2) is 14.4 Å². The summed E-state index contributed by atoms with van der Waals surface area (Å²) in [6.07, 6.45) is 6.33. The summed E-state index contributed by atoms with van der Waals surface area (Å²) in [5, 5.41) is 6.32. The van der Waals surface area contributed by atoms with Gasteiger partial charge in [-0.1, -0.05) is 42.5 Å². The van der Waals surface area contributed by atoms with Crippen LogP contribution in [0.5, 0.6) is 0 Å². The van der Waals surface area contributed by atoms with Gasteiger partial charge in [0.05, 0.1) is 6.04 Å². The Bertz CT molecular complexity index is 1290. The molecule has 1 aliphatic rings. The summed E-state index contributed by atoms with van der Waals surface area (Å²) < 4.78 is 13.5. The quantitative estimate of drug-likeness (QED) is 0.411. The van der Waals surface area contributed by atoms with Crippen molar-refractivity contribution >= 4 is 17.5 Å². The molecule has 6 heteroatoms. The predicted octanol–water partition coefficient (Wildman–Crippen LogP) is 5.83. The Kier molecular flexibility index (Phi) is 5.81. The van der Waals surface area contributed by atoms with Gasteiger partial charge in [0.15, 0.2) is 0 Å². The number of benzene rings is 3. The van der Waals surface area contributed by atoms with E-state index in [-0.39, 0.29) is 17.8 Å². The first kappa shape index (κ1) is 20.8. The summed E-state index contributed by atoms with van der Waals surface area (Å²) in [7, 11) is 0. The van der Waals surface area contributed by atoms with Gasteiger partial charge in [0.2, 0.25) is 5.95 Å². The molecule has 0 saturated heterocycles. The minimum absolute atomic E-state index is 0.0257. The molecule has 1 heterocycles. The lowest BCUT2D eigenvalue weighted by Gasteiger charge is -2.26. The van der Waals surface area contributed by atoms with E-state index >= 15 is 0 Å². The number of rotatable bonds is 5. The van der Waals surface area contributed by atoms with Crippen molar-refractivity contribution in [2.24, 2.45) is 0 Å². The number of aromatic nitrogens is 2. The molecule has 0 radical (unpaired) electrons. The fourth-order valence-corrected chi connectivity index (χ4v) is 4.22.